The first-order valence-electron chi connectivity index (χ1n) is 9.48. The summed E-state index contributed by atoms with van der Waals surface area (Å²) in [5.74, 6) is -1.20. The SMILES string of the molecule is N#CCCN(C(=O)CCC(=O)NNC(=O)c1c[nH]c2ccccc12)c1ccccc1. The predicted octanol–water partition coefficient (Wildman–Crippen LogP) is 2.66. The number of nitriles is 1. The lowest BCUT2D eigenvalue weighted by molar-refractivity contribution is -0.125. The maximum absolute atomic E-state index is 12.6. The van der Waals surface area contributed by atoms with Gasteiger partial charge in [0.2, 0.25) is 11.8 Å². The Bertz CT molecular complexity index is 1080. The van der Waals surface area contributed by atoms with E-state index in [-0.39, 0.29) is 31.7 Å². The molecule has 0 bridgehead atoms. The number of aromatic amines is 1. The zero-order valence-corrected chi connectivity index (χ0v) is 16.2. The highest BCUT2D eigenvalue weighted by molar-refractivity contribution is 6.07. The van der Waals surface area contributed by atoms with E-state index in [2.05, 4.69) is 15.8 Å². The second-order valence-corrected chi connectivity index (χ2v) is 6.54. The highest BCUT2D eigenvalue weighted by atomic mass is 16.2. The van der Waals surface area contributed by atoms with Gasteiger partial charge in [-0.3, -0.25) is 25.2 Å². The van der Waals surface area contributed by atoms with E-state index in [9.17, 15) is 14.4 Å². The molecule has 0 unspecified atom stereocenters. The molecule has 0 aliphatic carbocycles. The number of para-hydroxylation sites is 2. The van der Waals surface area contributed by atoms with Gasteiger partial charge < -0.3 is 9.88 Å². The fraction of sp³-hybridized carbons (Fsp3) is 0.182. The molecule has 3 aromatic rings. The van der Waals surface area contributed by atoms with Crippen LogP contribution in [0.1, 0.15) is 29.6 Å². The van der Waals surface area contributed by atoms with Crippen LogP contribution in [0.4, 0.5) is 5.69 Å². The molecule has 0 aliphatic rings. The number of H-pyrrole nitrogens is 1. The van der Waals surface area contributed by atoms with Crippen molar-refractivity contribution in [2.45, 2.75) is 19.3 Å². The topological polar surface area (TPSA) is 118 Å². The molecule has 0 radical (unpaired) electrons. The first-order chi connectivity index (χ1) is 14.6. The van der Waals surface area contributed by atoms with Crippen molar-refractivity contribution in [2.24, 2.45) is 0 Å². The van der Waals surface area contributed by atoms with Gasteiger partial charge in [0.25, 0.3) is 5.91 Å². The van der Waals surface area contributed by atoms with Gasteiger partial charge in [-0.2, -0.15) is 5.26 Å². The molecule has 0 spiro atoms. The smallest absolute Gasteiger partial charge is 0.271 e. The summed E-state index contributed by atoms with van der Waals surface area (Å²) in [6.07, 6.45) is 1.62. The summed E-state index contributed by atoms with van der Waals surface area (Å²) in [5.41, 5.74) is 6.61. The number of hydrazine groups is 1. The monoisotopic (exact) mass is 403 g/mol. The van der Waals surface area contributed by atoms with Gasteiger partial charge in [0.15, 0.2) is 0 Å². The maximum atomic E-state index is 12.6. The number of hydrogen-bond donors (Lipinski definition) is 3. The lowest BCUT2D eigenvalue weighted by Gasteiger charge is -2.21. The fourth-order valence-corrected chi connectivity index (χ4v) is 3.04. The molecule has 3 amide bonds. The van der Waals surface area contributed by atoms with Crippen LogP contribution in [0.5, 0.6) is 0 Å². The second-order valence-electron chi connectivity index (χ2n) is 6.54. The molecular formula is C22H21N5O3. The molecule has 0 aliphatic heterocycles. The van der Waals surface area contributed by atoms with Gasteiger partial charge in [-0.25, -0.2) is 0 Å². The van der Waals surface area contributed by atoms with E-state index in [0.717, 1.165) is 10.9 Å². The zero-order chi connectivity index (χ0) is 21.3. The molecule has 0 atom stereocenters. The first kappa shape index (κ1) is 20.6. The van der Waals surface area contributed by atoms with Crippen molar-refractivity contribution in [1.82, 2.24) is 15.8 Å². The van der Waals surface area contributed by atoms with Crippen molar-refractivity contribution >= 4 is 34.3 Å². The maximum Gasteiger partial charge on any atom is 0.271 e. The van der Waals surface area contributed by atoms with E-state index in [1.54, 1.807) is 36.5 Å². The lowest BCUT2D eigenvalue weighted by atomic mass is 10.2. The quantitative estimate of drug-likeness (QED) is 0.526. The molecule has 0 saturated heterocycles. The van der Waals surface area contributed by atoms with Crippen molar-refractivity contribution in [3.8, 4) is 6.07 Å². The summed E-state index contributed by atoms with van der Waals surface area (Å²) < 4.78 is 0. The Morgan fingerprint density at radius 2 is 1.70 bits per heavy atom. The van der Waals surface area contributed by atoms with E-state index >= 15 is 0 Å². The van der Waals surface area contributed by atoms with Crippen LogP contribution >= 0.6 is 0 Å². The Morgan fingerprint density at radius 1 is 0.967 bits per heavy atom. The Morgan fingerprint density at radius 3 is 2.47 bits per heavy atom. The minimum atomic E-state index is -0.482. The molecule has 8 nitrogen and oxygen atoms in total. The van der Waals surface area contributed by atoms with E-state index in [0.29, 0.717) is 11.3 Å². The first-order valence-corrected chi connectivity index (χ1v) is 9.48. The molecule has 3 rings (SSSR count). The summed E-state index contributed by atoms with van der Waals surface area (Å²) >= 11 is 0. The van der Waals surface area contributed by atoms with Crippen LogP contribution in [0.2, 0.25) is 0 Å². The van der Waals surface area contributed by atoms with E-state index in [1.807, 2.05) is 30.3 Å². The third-order valence-electron chi connectivity index (χ3n) is 4.53. The van der Waals surface area contributed by atoms with Crippen molar-refractivity contribution in [3.63, 3.8) is 0 Å². The number of carbonyl (C=O) groups is 3. The second kappa shape index (κ2) is 9.89. The van der Waals surface area contributed by atoms with E-state index in [4.69, 9.17) is 5.26 Å². The number of aromatic nitrogens is 1. The number of anilines is 1. The molecule has 8 heteroatoms. The van der Waals surface area contributed by atoms with Crippen LogP contribution in [-0.4, -0.2) is 29.3 Å². The van der Waals surface area contributed by atoms with E-state index in [1.165, 1.54) is 4.90 Å². The Hall–Kier alpha value is -4.12. The number of hydrogen-bond acceptors (Lipinski definition) is 4. The average molecular weight is 403 g/mol. The third-order valence-corrected chi connectivity index (χ3v) is 4.53. The summed E-state index contributed by atoms with van der Waals surface area (Å²) in [7, 11) is 0. The van der Waals surface area contributed by atoms with Crippen LogP contribution in [0.15, 0.2) is 60.8 Å². The van der Waals surface area contributed by atoms with Crippen molar-refractivity contribution in [3.05, 3.63) is 66.4 Å². The molecule has 152 valence electrons. The minimum absolute atomic E-state index is 0.0465. The number of fused-ring (bicyclic) bond motifs is 1. The van der Waals surface area contributed by atoms with Crippen molar-refractivity contribution in [1.29, 1.82) is 5.26 Å². The molecule has 1 heterocycles. The van der Waals surface area contributed by atoms with Gasteiger partial charge in [0.05, 0.1) is 18.1 Å². The molecule has 2 aromatic carbocycles. The highest BCUT2D eigenvalue weighted by Gasteiger charge is 2.17. The number of nitrogens with zero attached hydrogens (tertiary/aromatic N) is 2. The number of nitrogens with one attached hydrogen (secondary N) is 3. The average Bonchev–Trinajstić information content (AvgIpc) is 3.21. The van der Waals surface area contributed by atoms with Crippen LogP contribution < -0.4 is 15.8 Å². The van der Waals surface area contributed by atoms with Gasteiger partial charge in [-0.15, -0.1) is 0 Å². The fourth-order valence-electron chi connectivity index (χ4n) is 3.04. The van der Waals surface area contributed by atoms with Gasteiger partial charge in [0.1, 0.15) is 0 Å². The Balaban J connectivity index is 1.52. The Labute approximate surface area is 173 Å². The van der Waals surface area contributed by atoms with Gasteiger partial charge in [-0.1, -0.05) is 36.4 Å². The molecule has 3 N–H and O–H groups in total. The predicted molar refractivity (Wildman–Crippen MR) is 112 cm³/mol. The molecular weight excluding hydrogens is 382 g/mol. The van der Waals surface area contributed by atoms with Crippen molar-refractivity contribution in [2.75, 3.05) is 11.4 Å². The number of carbonyl (C=O) groups excluding carboxylic acids is 3. The van der Waals surface area contributed by atoms with E-state index < -0.39 is 11.8 Å². The molecule has 30 heavy (non-hydrogen) atoms. The van der Waals surface area contributed by atoms with Crippen LogP contribution in [-0.2, 0) is 9.59 Å². The van der Waals surface area contributed by atoms with Gasteiger partial charge >= 0.3 is 0 Å². The molecule has 0 fully saturated rings. The summed E-state index contributed by atoms with van der Waals surface area (Å²) in [5, 5.41) is 9.58. The normalized spacial score (nSPS) is 10.2. The van der Waals surface area contributed by atoms with Gasteiger partial charge in [-0.05, 0) is 18.2 Å². The number of benzene rings is 2. The minimum Gasteiger partial charge on any atom is -0.360 e. The zero-order valence-electron chi connectivity index (χ0n) is 16.2. The Kier molecular flexibility index (Phi) is 6.79. The van der Waals surface area contributed by atoms with Crippen LogP contribution in [0, 0.1) is 11.3 Å². The number of rotatable bonds is 7. The summed E-state index contributed by atoms with van der Waals surface area (Å²) in [6, 6.07) is 18.3. The summed E-state index contributed by atoms with van der Waals surface area (Å²) in [6.45, 7) is 0.248. The standard InChI is InChI=1S/C22H21N5O3/c23-13-6-14-27(16-7-2-1-3-8-16)21(29)12-11-20(28)25-26-22(30)18-15-24-19-10-5-4-9-17(18)19/h1-5,7-10,15,24H,6,11-12,14H2,(H,25,28)(H,26,30). The summed E-state index contributed by atoms with van der Waals surface area (Å²) in [4.78, 5) is 41.5. The molecule has 0 saturated carbocycles. The molecule has 1 aromatic heterocycles. The number of amides is 3. The lowest BCUT2D eigenvalue weighted by Crippen LogP contribution is -2.42. The van der Waals surface area contributed by atoms with Gasteiger partial charge in [0, 0.05) is 42.2 Å². The van der Waals surface area contributed by atoms with Crippen LogP contribution in [0.3, 0.4) is 0 Å². The largest absolute Gasteiger partial charge is 0.360 e. The highest BCUT2D eigenvalue weighted by Crippen LogP contribution is 2.17. The van der Waals surface area contributed by atoms with Crippen molar-refractivity contribution < 1.29 is 14.4 Å². The van der Waals surface area contributed by atoms with Crippen LogP contribution in [0.25, 0.3) is 10.9 Å². The third kappa shape index (κ3) is 5.02.